The lowest BCUT2D eigenvalue weighted by molar-refractivity contribution is -0.0290. The summed E-state index contributed by atoms with van der Waals surface area (Å²) in [5, 5.41) is 15.5. The summed E-state index contributed by atoms with van der Waals surface area (Å²) in [6, 6.07) is 7.39. The second kappa shape index (κ2) is 6.57. The number of rotatable bonds is 5. The molecule has 0 radical (unpaired) electrons. The lowest BCUT2D eigenvalue weighted by atomic mass is 9.80. The Balaban J connectivity index is 1.84. The Morgan fingerprint density at radius 2 is 1.95 bits per heavy atom. The highest BCUT2D eigenvalue weighted by Crippen LogP contribution is 2.30. The zero-order chi connectivity index (χ0) is 16.2. The number of amides is 2. The zero-order valence-electron chi connectivity index (χ0n) is 13.6. The van der Waals surface area contributed by atoms with Gasteiger partial charge in [-0.2, -0.15) is 0 Å². The smallest absolute Gasteiger partial charge is 0.315 e. The molecule has 5 heteroatoms. The van der Waals surface area contributed by atoms with Crippen LogP contribution in [-0.4, -0.2) is 28.9 Å². The molecule has 1 aromatic carbocycles. The summed E-state index contributed by atoms with van der Waals surface area (Å²) in [5.41, 5.74) is -0.0638. The van der Waals surface area contributed by atoms with E-state index in [4.69, 9.17) is 4.74 Å². The molecule has 1 aliphatic carbocycles. The van der Waals surface area contributed by atoms with Crippen LogP contribution >= 0.6 is 0 Å². The third kappa shape index (κ3) is 4.91. The molecule has 2 rings (SSSR count). The van der Waals surface area contributed by atoms with E-state index in [0.717, 1.165) is 30.6 Å². The highest BCUT2D eigenvalue weighted by Gasteiger charge is 2.34. The Bertz CT molecular complexity index is 519. The van der Waals surface area contributed by atoms with Crippen molar-refractivity contribution in [1.82, 2.24) is 10.6 Å². The van der Waals surface area contributed by atoms with Gasteiger partial charge < -0.3 is 20.5 Å². The molecule has 0 unspecified atom stereocenters. The van der Waals surface area contributed by atoms with Crippen molar-refractivity contribution < 1.29 is 14.6 Å². The van der Waals surface area contributed by atoms with Crippen LogP contribution in [-0.2, 0) is 6.54 Å². The summed E-state index contributed by atoms with van der Waals surface area (Å²) in [6.07, 6.45) is 2.54. The molecule has 1 aromatic rings. The van der Waals surface area contributed by atoms with Gasteiger partial charge in [0.1, 0.15) is 11.4 Å². The maximum Gasteiger partial charge on any atom is 0.315 e. The number of nitrogens with one attached hydrogen (secondary N) is 2. The molecule has 122 valence electrons. The number of benzene rings is 1. The Labute approximate surface area is 132 Å². The van der Waals surface area contributed by atoms with E-state index in [-0.39, 0.29) is 11.6 Å². The molecule has 0 aliphatic heterocycles. The van der Waals surface area contributed by atoms with Crippen molar-refractivity contribution in [2.24, 2.45) is 0 Å². The topological polar surface area (TPSA) is 70.6 Å². The van der Waals surface area contributed by atoms with Gasteiger partial charge in [0.25, 0.3) is 0 Å². The van der Waals surface area contributed by atoms with Gasteiger partial charge >= 0.3 is 6.03 Å². The summed E-state index contributed by atoms with van der Waals surface area (Å²) >= 11 is 0. The van der Waals surface area contributed by atoms with Gasteiger partial charge in [0.2, 0.25) is 0 Å². The third-order valence-electron chi connectivity index (χ3n) is 3.69. The largest absolute Gasteiger partial charge is 0.488 e. The molecule has 2 amide bonds. The van der Waals surface area contributed by atoms with E-state index in [0.29, 0.717) is 13.1 Å². The minimum Gasteiger partial charge on any atom is -0.488 e. The third-order valence-corrected chi connectivity index (χ3v) is 3.69. The summed E-state index contributed by atoms with van der Waals surface area (Å²) in [6.45, 7) is 6.66. The van der Waals surface area contributed by atoms with E-state index in [1.165, 1.54) is 0 Å². The first-order valence-electron chi connectivity index (χ1n) is 7.78. The highest BCUT2D eigenvalue weighted by atomic mass is 16.5. The molecule has 22 heavy (non-hydrogen) atoms. The fourth-order valence-corrected chi connectivity index (χ4v) is 2.32. The van der Waals surface area contributed by atoms with Crippen LogP contribution in [0, 0.1) is 0 Å². The van der Waals surface area contributed by atoms with Crippen molar-refractivity contribution in [1.29, 1.82) is 0 Å². The van der Waals surface area contributed by atoms with Crippen molar-refractivity contribution in [2.45, 2.75) is 57.8 Å². The number of hydrogen-bond donors (Lipinski definition) is 3. The second-order valence-electron chi connectivity index (χ2n) is 6.94. The predicted octanol–water partition coefficient (Wildman–Crippen LogP) is 2.58. The van der Waals surface area contributed by atoms with Gasteiger partial charge in [0, 0.05) is 18.7 Å². The second-order valence-corrected chi connectivity index (χ2v) is 6.94. The molecule has 0 spiro atoms. The molecular formula is C17H26N2O3. The van der Waals surface area contributed by atoms with Crippen LogP contribution in [0.25, 0.3) is 0 Å². The lowest BCUT2D eigenvalue weighted by Gasteiger charge is -2.36. The van der Waals surface area contributed by atoms with Crippen molar-refractivity contribution in [3.05, 3.63) is 29.8 Å². The number of ether oxygens (including phenoxy) is 1. The van der Waals surface area contributed by atoms with Crippen molar-refractivity contribution in [3.63, 3.8) is 0 Å². The lowest BCUT2D eigenvalue weighted by Crippen LogP contribution is -2.50. The standard InChI is InChI=1S/C17H26N2O3/c1-16(2,3)22-14-8-5-4-7-13(14)11-18-15(20)19-12-17(21)9-6-10-17/h4-5,7-8,21H,6,9-12H2,1-3H3,(H2,18,19,20). The Kier molecular flexibility index (Phi) is 4.96. The fraction of sp³-hybridized carbons (Fsp3) is 0.588. The first kappa shape index (κ1) is 16.6. The molecule has 0 atom stereocenters. The first-order valence-corrected chi connectivity index (χ1v) is 7.78. The van der Waals surface area contributed by atoms with Crippen molar-refractivity contribution >= 4 is 6.03 Å². The number of urea groups is 1. The van der Waals surface area contributed by atoms with E-state index in [1.54, 1.807) is 0 Å². The number of para-hydroxylation sites is 1. The number of carbonyl (C=O) groups is 1. The maximum absolute atomic E-state index is 11.8. The van der Waals surface area contributed by atoms with Gasteiger partial charge in [0.05, 0.1) is 5.60 Å². The van der Waals surface area contributed by atoms with Gasteiger partial charge in [0.15, 0.2) is 0 Å². The normalized spacial score (nSPS) is 16.5. The first-order chi connectivity index (χ1) is 10.3. The SMILES string of the molecule is CC(C)(C)Oc1ccccc1CNC(=O)NCC1(O)CCC1. The van der Waals surface area contributed by atoms with Crippen molar-refractivity contribution in [2.75, 3.05) is 6.54 Å². The molecule has 3 N–H and O–H groups in total. The fourth-order valence-electron chi connectivity index (χ4n) is 2.32. The summed E-state index contributed by atoms with van der Waals surface area (Å²) in [5.74, 6) is 0.771. The van der Waals surface area contributed by atoms with Crippen molar-refractivity contribution in [3.8, 4) is 5.75 Å². The average molecular weight is 306 g/mol. The van der Waals surface area contributed by atoms with E-state index >= 15 is 0 Å². The molecule has 0 heterocycles. The van der Waals surface area contributed by atoms with Gasteiger partial charge in [-0.1, -0.05) is 18.2 Å². The van der Waals surface area contributed by atoms with E-state index in [9.17, 15) is 9.90 Å². The molecule has 0 bridgehead atoms. The summed E-state index contributed by atoms with van der Waals surface area (Å²) in [7, 11) is 0. The Morgan fingerprint density at radius 3 is 2.55 bits per heavy atom. The summed E-state index contributed by atoms with van der Waals surface area (Å²) < 4.78 is 5.89. The molecule has 0 saturated heterocycles. The molecule has 1 aliphatic rings. The zero-order valence-corrected chi connectivity index (χ0v) is 13.6. The van der Waals surface area contributed by atoms with E-state index in [1.807, 2.05) is 45.0 Å². The van der Waals surface area contributed by atoms with Crippen LogP contribution < -0.4 is 15.4 Å². The predicted molar refractivity (Wildman–Crippen MR) is 85.9 cm³/mol. The summed E-state index contributed by atoms with van der Waals surface area (Å²) in [4.78, 5) is 11.8. The van der Waals surface area contributed by atoms with Crippen LogP contribution in [0.3, 0.4) is 0 Å². The van der Waals surface area contributed by atoms with Crippen LogP contribution in [0.4, 0.5) is 4.79 Å². The van der Waals surface area contributed by atoms with Crippen LogP contribution in [0.15, 0.2) is 24.3 Å². The quantitative estimate of drug-likeness (QED) is 0.783. The van der Waals surface area contributed by atoms with Crippen LogP contribution in [0.1, 0.15) is 45.6 Å². The number of carbonyl (C=O) groups excluding carboxylic acids is 1. The Hall–Kier alpha value is -1.75. The number of aliphatic hydroxyl groups is 1. The van der Waals surface area contributed by atoms with E-state index < -0.39 is 5.60 Å². The van der Waals surface area contributed by atoms with Gasteiger partial charge in [-0.3, -0.25) is 0 Å². The Morgan fingerprint density at radius 1 is 1.27 bits per heavy atom. The molecule has 1 saturated carbocycles. The molecular weight excluding hydrogens is 280 g/mol. The minimum atomic E-state index is -0.704. The number of hydrogen-bond acceptors (Lipinski definition) is 3. The molecule has 5 nitrogen and oxygen atoms in total. The van der Waals surface area contributed by atoms with Gasteiger partial charge in [-0.05, 0) is 46.1 Å². The minimum absolute atomic E-state index is 0.272. The van der Waals surface area contributed by atoms with Gasteiger partial charge in [-0.25, -0.2) is 4.79 Å². The molecule has 0 aromatic heterocycles. The van der Waals surface area contributed by atoms with Crippen LogP contribution in [0.2, 0.25) is 0 Å². The van der Waals surface area contributed by atoms with Gasteiger partial charge in [-0.15, -0.1) is 0 Å². The monoisotopic (exact) mass is 306 g/mol. The van der Waals surface area contributed by atoms with Crippen LogP contribution in [0.5, 0.6) is 5.75 Å². The average Bonchev–Trinajstić information content (AvgIpc) is 2.40. The highest BCUT2D eigenvalue weighted by molar-refractivity contribution is 5.74. The maximum atomic E-state index is 11.8. The molecule has 1 fully saturated rings. The van der Waals surface area contributed by atoms with E-state index in [2.05, 4.69) is 10.6 Å².